The predicted molar refractivity (Wildman–Crippen MR) is 79.5 cm³/mol. The molecule has 1 aliphatic heterocycles. The highest BCUT2D eigenvalue weighted by Crippen LogP contribution is 2.39. The van der Waals surface area contributed by atoms with Crippen LogP contribution in [0.1, 0.15) is 22.5 Å². The second kappa shape index (κ2) is 5.66. The van der Waals surface area contributed by atoms with E-state index in [1.165, 1.54) is 12.1 Å². The highest BCUT2D eigenvalue weighted by atomic mass is 19.4. The van der Waals surface area contributed by atoms with Crippen molar-refractivity contribution in [2.75, 3.05) is 6.61 Å². The Morgan fingerprint density at radius 3 is 2.54 bits per heavy atom. The molecule has 0 atom stereocenters. The van der Waals surface area contributed by atoms with Gasteiger partial charge >= 0.3 is 12.3 Å². The summed E-state index contributed by atoms with van der Waals surface area (Å²) in [5, 5.41) is 10.4. The smallest absolute Gasteiger partial charge is 0.428 e. The summed E-state index contributed by atoms with van der Waals surface area (Å²) in [6.45, 7) is 3.12. The molecule has 0 unspecified atom stereocenters. The molecule has 3 rings (SSSR count). The van der Waals surface area contributed by atoms with Crippen molar-refractivity contribution < 1.29 is 22.7 Å². The second-order valence-corrected chi connectivity index (χ2v) is 5.31. The molecule has 2 heterocycles. The molecule has 1 aromatic carbocycles. The van der Waals surface area contributed by atoms with Gasteiger partial charge in [0.25, 0.3) is 0 Å². The Labute approximate surface area is 134 Å². The number of nitrogens with one attached hydrogen (secondary N) is 2. The number of carbonyl (C=O) groups excluding carboxylic acids is 1. The number of hydrazone groups is 1. The monoisotopic (exact) mass is 338 g/mol. The molecule has 1 amide bonds. The van der Waals surface area contributed by atoms with E-state index in [1.54, 1.807) is 13.8 Å². The molecule has 0 bridgehead atoms. The molecule has 2 aromatic rings. The zero-order valence-electron chi connectivity index (χ0n) is 12.8. The number of hydrogen-bond acceptors (Lipinski definition) is 4. The molecule has 0 aliphatic carbocycles. The van der Waals surface area contributed by atoms with E-state index < -0.39 is 17.8 Å². The number of H-pyrrole nitrogens is 1. The van der Waals surface area contributed by atoms with Crippen molar-refractivity contribution in [3.63, 3.8) is 0 Å². The molecule has 126 valence electrons. The standard InChI is InChI=1S/C15H13F3N4O2/c1-7-13(8(2)20-19-7)10-4-3-9(5-11(10)15(16,17)18)12-6-24-14(23)22-21-12/h3-5H,6H2,1-2H3,(H,19,20)(H,22,23). The molecule has 0 saturated heterocycles. The minimum absolute atomic E-state index is 0.0383. The van der Waals surface area contributed by atoms with Crippen molar-refractivity contribution in [2.24, 2.45) is 5.10 Å². The van der Waals surface area contributed by atoms with E-state index in [1.807, 2.05) is 0 Å². The maximum absolute atomic E-state index is 13.5. The number of nitrogens with zero attached hydrogens (tertiary/aromatic N) is 2. The molecule has 6 nitrogen and oxygen atoms in total. The number of benzene rings is 1. The lowest BCUT2D eigenvalue weighted by atomic mass is 9.94. The van der Waals surface area contributed by atoms with E-state index in [0.717, 1.165) is 6.07 Å². The van der Waals surface area contributed by atoms with Crippen LogP contribution in [0, 0.1) is 13.8 Å². The van der Waals surface area contributed by atoms with Gasteiger partial charge in [0.05, 0.1) is 11.3 Å². The third-order valence-electron chi connectivity index (χ3n) is 3.68. The topological polar surface area (TPSA) is 79.4 Å². The van der Waals surface area contributed by atoms with Crippen LogP contribution in [0.2, 0.25) is 0 Å². The number of alkyl halides is 3. The number of halogens is 3. The van der Waals surface area contributed by atoms with E-state index in [4.69, 9.17) is 4.74 Å². The summed E-state index contributed by atoms with van der Waals surface area (Å²) in [4.78, 5) is 10.9. The van der Waals surface area contributed by atoms with E-state index >= 15 is 0 Å². The number of rotatable bonds is 2. The Morgan fingerprint density at radius 2 is 2.00 bits per heavy atom. The van der Waals surface area contributed by atoms with Crippen molar-refractivity contribution in [3.05, 3.63) is 40.7 Å². The van der Waals surface area contributed by atoms with Crippen LogP contribution in [-0.4, -0.2) is 28.6 Å². The fourth-order valence-corrected chi connectivity index (χ4v) is 2.58. The molecule has 0 saturated carbocycles. The normalized spacial score (nSPS) is 14.9. The number of hydrogen-bond donors (Lipinski definition) is 2. The first-order valence-corrected chi connectivity index (χ1v) is 7.00. The number of amides is 1. The summed E-state index contributed by atoms with van der Waals surface area (Å²) in [6.07, 6.45) is -5.29. The lowest BCUT2D eigenvalue weighted by molar-refractivity contribution is -0.137. The Kier molecular flexibility index (Phi) is 3.78. The summed E-state index contributed by atoms with van der Waals surface area (Å²) in [5.41, 5.74) is 3.22. The Morgan fingerprint density at radius 1 is 1.25 bits per heavy atom. The van der Waals surface area contributed by atoms with Gasteiger partial charge in [-0.25, -0.2) is 10.2 Å². The van der Waals surface area contributed by atoms with Crippen LogP contribution in [0.5, 0.6) is 0 Å². The van der Waals surface area contributed by atoms with Gasteiger partial charge in [-0.2, -0.15) is 23.4 Å². The van der Waals surface area contributed by atoms with Crippen molar-refractivity contribution in [3.8, 4) is 11.1 Å². The van der Waals surface area contributed by atoms with E-state index in [-0.39, 0.29) is 23.4 Å². The van der Waals surface area contributed by atoms with Gasteiger partial charge in [0, 0.05) is 16.8 Å². The summed E-state index contributed by atoms with van der Waals surface area (Å²) >= 11 is 0. The molecule has 2 N–H and O–H groups in total. The summed E-state index contributed by atoms with van der Waals surface area (Å²) in [6, 6.07) is 3.89. The van der Waals surface area contributed by atoms with E-state index in [0.29, 0.717) is 17.0 Å². The number of aromatic amines is 1. The van der Waals surface area contributed by atoms with Gasteiger partial charge in [0.1, 0.15) is 12.3 Å². The highest BCUT2D eigenvalue weighted by Gasteiger charge is 2.35. The second-order valence-electron chi connectivity index (χ2n) is 5.31. The van der Waals surface area contributed by atoms with Crippen LogP contribution in [0.15, 0.2) is 23.3 Å². The van der Waals surface area contributed by atoms with Gasteiger partial charge in [0.2, 0.25) is 0 Å². The molecule has 0 spiro atoms. The maximum atomic E-state index is 13.5. The zero-order chi connectivity index (χ0) is 17.5. The molecule has 1 aromatic heterocycles. The van der Waals surface area contributed by atoms with Crippen LogP contribution in [0.4, 0.5) is 18.0 Å². The van der Waals surface area contributed by atoms with Crippen molar-refractivity contribution in [2.45, 2.75) is 20.0 Å². The summed E-state index contributed by atoms with van der Waals surface area (Å²) < 4.78 is 45.4. The lowest BCUT2D eigenvalue weighted by Crippen LogP contribution is -2.30. The van der Waals surface area contributed by atoms with Gasteiger partial charge in [-0.1, -0.05) is 12.1 Å². The van der Waals surface area contributed by atoms with E-state index in [2.05, 4.69) is 20.7 Å². The first kappa shape index (κ1) is 16.0. The van der Waals surface area contributed by atoms with E-state index in [9.17, 15) is 18.0 Å². The quantitative estimate of drug-likeness (QED) is 0.883. The van der Waals surface area contributed by atoms with Crippen LogP contribution >= 0.6 is 0 Å². The largest absolute Gasteiger partial charge is 0.442 e. The van der Waals surface area contributed by atoms with Crippen LogP contribution in [-0.2, 0) is 10.9 Å². The number of aryl methyl sites for hydroxylation is 2. The Bertz CT molecular complexity index is 820. The number of cyclic esters (lactones) is 1. The zero-order valence-corrected chi connectivity index (χ0v) is 12.8. The third-order valence-corrected chi connectivity index (χ3v) is 3.68. The maximum Gasteiger partial charge on any atom is 0.428 e. The minimum Gasteiger partial charge on any atom is -0.442 e. The molecular weight excluding hydrogens is 325 g/mol. The fraction of sp³-hybridized carbons (Fsp3) is 0.267. The first-order chi connectivity index (χ1) is 11.3. The average molecular weight is 338 g/mol. The van der Waals surface area contributed by atoms with Crippen LogP contribution < -0.4 is 5.43 Å². The van der Waals surface area contributed by atoms with Crippen LogP contribution in [0.3, 0.4) is 0 Å². The van der Waals surface area contributed by atoms with Crippen LogP contribution in [0.25, 0.3) is 11.1 Å². The van der Waals surface area contributed by atoms with Crippen molar-refractivity contribution >= 4 is 11.8 Å². The molecule has 0 radical (unpaired) electrons. The van der Waals surface area contributed by atoms with Crippen molar-refractivity contribution in [1.82, 2.24) is 15.6 Å². The molecule has 0 fully saturated rings. The van der Waals surface area contributed by atoms with Gasteiger partial charge in [-0.3, -0.25) is 5.10 Å². The Hall–Kier alpha value is -2.84. The van der Waals surface area contributed by atoms with Gasteiger partial charge < -0.3 is 4.74 Å². The third kappa shape index (κ3) is 2.84. The Balaban J connectivity index is 2.14. The minimum atomic E-state index is -4.55. The number of ether oxygens (including phenoxy) is 1. The average Bonchev–Trinajstić information content (AvgIpc) is 2.86. The van der Waals surface area contributed by atoms with Gasteiger partial charge in [-0.05, 0) is 25.5 Å². The molecule has 9 heteroatoms. The highest BCUT2D eigenvalue weighted by molar-refractivity contribution is 6.04. The van der Waals surface area contributed by atoms with Gasteiger partial charge in [-0.15, -0.1) is 0 Å². The first-order valence-electron chi connectivity index (χ1n) is 7.00. The molecular formula is C15H13F3N4O2. The summed E-state index contributed by atoms with van der Waals surface area (Å²) in [5.74, 6) is 0. The molecule has 24 heavy (non-hydrogen) atoms. The summed E-state index contributed by atoms with van der Waals surface area (Å²) in [7, 11) is 0. The van der Waals surface area contributed by atoms with Crippen molar-refractivity contribution in [1.29, 1.82) is 0 Å². The number of carbonyl (C=O) groups is 1. The van der Waals surface area contributed by atoms with Gasteiger partial charge in [0.15, 0.2) is 0 Å². The fourth-order valence-electron chi connectivity index (χ4n) is 2.58. The lowest BCUT2D eigenvalue weighted by Gasteiger charge is -2.17. The predicted octanol–water partition coefficient (Wildman–Crippen LogP) is 3.16. The SMILES string of the molecule is Cc1n[nH]c(C)c1-c1ccc(C2=NNC(=O)OC2)cc1C(F)(F)F. The number of aromatic nitrogens is 2. The molecule has 1 aliphatic rings.